The van der Waals surface area contributed by atoms with E-state index in [9.17, 15) is 8.78 Å². The Morgan fingerprint density at radius 1 is 1.40 bits per heavy atom. The Hall–Kier alpha value is -1.00. The predicted molar refractivity (Wildman–Crippen MR) is 54.5 cm³/mol. The maximum absolute atomic E-state index is 13.2. The standard InChI is InChI=1S/C11H15F2NO/c1-15-6-5-9(14)7-8-3-2-4-10(12)11(8)13/h2-4,9H,5-7,14H2,1H3. The van der Waals surface area contributed by atoms with E-state index in [1.807, 2.05) is 0 Å². The van der Waals surface area contributed by atoms with E-state index in [0.29, 0.717) is 25.0 Å². The van der Waals surface area contributed by atoms with Crippen LogP contribution in [0, 0.1) is 11.6 Å². The van der Waals surface area contributed by atoms with E-state index in [4.69, 9.17) is 10.5 Å². The van der Waals surface area contributed by atoms with Gasteiger partial charge in [0.25, 0.3) is 0 Å². The molecule has 0 heterocycles. The zero-order valence-corrected chi connectivity index (χ0v) is 8.67. The quantitative estimate of drug-likeness (QED) is 0.813. The minimum atomic E-state index is -0.827. The fourth-order valence-corrected chi connectivity index (χ4v) is 1.36. The van der Waals surface area contributed by atoms with Gasteiger partial charge in [-0.15, -0.1) is 0 Å². The molecule has 0 fully saturated rings. The molecule has 0 saturated carbocycles. The van der Waals surface area contributed by atoms with Crippen molar-refractivity contribution in [3.63, 3.8) is 0 Å². The molecule has 4 heteroatoms. The second-order valence-electron chi connectivity index (χ2n) is 3.46. The molecule has 0 bridgehead atoms. The van der Waals surface area contributed by atoms with E-state index in [-0.39, 0.29) is 6.04 Å². The summed E-state index contributed by atoms with van der Waals surface area (Å²) in [4.78, 5) is 0. The van der Waals surface area contributed by atoms with Crippen LogP contribution < -0.4 is 5.73 Å². The van der Waals surface area contributed by atoms with Gasteiger partial charge in [0.15, 0.2) is 11.6 Å². The minimum absolute atomic E-state index is 0.207. The van der Waals surface area contributed by atoms with Crippen LogP contribution in [0.1, 0.15) is 12.0 Å². The van der Waals surface area contributed by atoms with Crippen LogP contribution in [0.5, 0.6) is 0 Å². The Balaban J connectivity index is 2.60. The molecular weight excluding hydrogens is 200 g/mol. The highest BCUT2D eigenvalue weighted by molar-refractivity contribution is 5.19. The van der Waals surface area contributed by atoms with E-state index >= 15 is 0 Å². The molecule has 1 rings (SSSR count). The summed E-state index contributed by atoms with van der Waals surface area (Å²) in [6, 6.07) is 3.92. The molecule has 1 aromatic rings. The maximum Gasteiger partial charge on any atom is 0.162 e. The van der Waals surface area contributed by atoms with Crippen molar-refractivity contribution in [3.8, 4) is 0 Å². The van der Waals surface area contributed by atoms with E-state index in [2.05, 4.69) is 0 Å². The highest BCUT2D eigenvalue weighted by Crippen LogP contribution is 2.13. The van der Waals surface area contributed by atoms with Crippen molar-refractivity contribution in [1.82, 2.24) is 0 Å². The summed E-state index contributed by atoms with van der Waals surface area (Å²) in [7, 11) is 1.58. The van der Waals surface area contributed by atoms with Gasteiger partial charge in [-0.25, -0.2) is 8.78 Å². The fraction of sp³-hybridized carbons (Fsp3) is 0.455. The Kier molecular flexibility index (Phi) is 4.65. The molecule has 1 aromatic carbocycles. The van der Waals surface area contributed by atoms with Gasteiger partial charge >= 0.3 is 0 Å². The Morgan fingerprint density at radius 2 is 2.13 bits per heavy atom. The van der Waals surface area contributed by atoms with Crippen LogP contribution in [0.15, 0.2) is 18.2 Å². The smallest absolute Gasteiger partial charge is 0.162 e. The average molecular weight is 215 g/mol. The molecule has 0 aromatic heterocycles. The highest BCUT2D eigenvalue weighted by atomic mass is 19.2. The number of methoxy groups -OCH3 is 1. The molecule has 1 atom stereocenters. The van der Waals surface area contributed by atoms with E-state index in [1.54, 1.807) is 13.2 Å². The lowest BCUT2D eigenvalue weighted by atomic mass is 10.0. The topological polar surface area (TPSA) is 35.2 Å². The lowest BCUT2D eigenvalue weighted by Gasteiger charge is -2.11. The molecule has 0 amide bonds. The van der Waals surface area contributed by atoms with Gasteiger partial charge in [-0.05, 0) is 24.5 Å². The molecule has 0 saturated heterocycles. The zero-order valence-electron chi connectivity index (χ0n) is 8.67. The van der Waals surface area contributed by atoms with Crippen molar-refractivity contribution in [2.45, 2.75) is 18.9 Å². The third-order valence-corrected chi connectivity index (χ3v) is 2.21. The molecule has 15 heavy (non-hydrogen) atoms. The van der Waals surface area contributed by atoms with Crippen LogP contribution in [0.4, 0.5) is 8.78 Å². The van der Waals surface area contributed by atoms with Crippen LogP contribution in [-0.2, 0) is 11.2 Å². The van der Waals surface area contributed by atoms with Gasteiger partial charge in [0.05, 0.1) is 0 Å². The number of rotatable bonds is 5. The van der Waals surface area contributed by atoms with Crippen molar-refractivity contribution in [3.05, 3.63) is 35.4 Å². The van der Waals surface area contributed by atoms with E-state index in [1.165, 1.54) is 6.07 Å². The summed E-state index contributed by atoms with van der Waals surface area (Å²) < 4.78 is 30.9. The van der Waals surface area contributed by atoms with Crippen LogP contribution in [0.2, 0.25) is 0 Å². The third kappa shape index (κ3) is 3.57. The summed E-state index contributed by atoms with van der Waals surface area (Å²) in [5.74, 6) is -1.63. The van der Waals surface area contributed by atoms with Crippen LogP contribution in [0.3, 0.4) is 0 Å². The summed E-state index contributed by atoms with van der Waals surface area (Å²) >= 11 is 0. The normalized spacial score (nSPS) is 12.8. The SMILES string of the molecule is COCCC(N)Cc1cccc(F)c1F. The summed E-state index contributed by atoms with van der Waals surface area (Å²) in [5.41, 5.74) is 6.06. The summed E-state index contributed by atoms with van der Waals surface area (Å²) in [6.45, 7) is 0.526. The first-order chi connectivity index (χ1) is 7.15. The Labute approximate surface area is 88.0 Å². The van der Waals surface area contributed by atoms with E-state index < -0.39 is 11.6 Å². The van der Waals surface area contributed by atoms with Gasteiger partial charge < -0.3 is 10.5 Å². The number of hydrogen-bond donors (Lipinski definition) is 1. The first-order valence-corrected chi connectivity index (χ1v) is 4.82. The first kappa shape index (κ1) is 12.1. The van der Waals surface area contributed by atoms with Gasteiger partial charge in [-0.2, -0.15) is 0 Å². The Bertz CT molecular complexity index is 317. The van der Waals surface area contributed by atoms with Gasteiger partial charge in [0, 0.05) is 19.8 Å². The van der Waals surface area contributed by atoms with Crippen LogP contribution in [0.25, 0.3) is 0 Å². The molecule has 2 N–H and O–H groups in total. The lowest BCUT2D eigenvalue weighted by Crippen LogP contribution is -2.25. The van der Waals surface area contributed by atoms with Gasteiger partial charge in [0.2, 0.25) is 0 Å². The minimum Gasteiger partial charge on any atom is -0.385 e. The second-order valence-corrected chi connectivity index (χ2v) is 3.46. The molecule has 0 radical (unpaired) electrons. The van der Waals surface area contributed by atoms with Crippen LogP contribution in [-0.4, -0.2) is 19.8 Å². The predicted octanol–water partition coefficient (Wildman–Crippen LogP) is 1.87. The molecule has 2 nitrogen and oxygen atoms in total. The molecule has 84 valence electrons. The Morgan fingerprint density at radius 3 is 2.80 bits per heavy atom. The molecule has 0 aliphatic heterocycles. The van der Waals surface area contributed by atoms with Gasteiger partial charge in [-0.3, -0.25) is 0 Å². The summed E-state index contributed by atoms with van der Waals surface area (Å²) in [6.07, 6.45) is 0.958. The molecule has 1 unspecified atom stereocenters. The largest absolute Gasteiger partial charge is 0.385 e. The number of ether oxygens (including phenoxy) is 1. The number of nitrogens with two attached hydrogens (primary N) is 1. The molecule has 0 aliphatic rings. The van der Waals surface area contributed by atoms with Gasteiger partial charge in [0.1, 0.15) is 0 Å². The first-order valence-electron chi connectivity index (χ1n) is 4.82. The molecule has 0 spiro atoms. The number of hydrogen-bond acceptors (Lipinski definition) is 2. The maximum atomic E-state index is 13.2. The van der Waals surface area contributed by atoms with Crippen molar-refractivity contribution >= 4 is 0 Å². The molecular formula is C11H15F2NO. The third-order valence-electron chi connectivity index (χ3n) is 2.21. The lowest BCUT2D eigenvalue weighted by molar-refractivity contribution is 0.187. The second kappa shape index (κ2) is 5.78. The van der Waals surface area contributed by atoms with Gasteiger partial charge in [-0.1, -0.05) is 12.1 Å². The van der Waals surface area contributed by atoms with Crippen molar-refractivity contribution in [1.29, 1.82) is 0 Å². The van der Waals surface area contributed by atoms with Crippen molar-refractivity contribution < 1.29 is 13.5 Å². The summed E-state index contributed by atoms with van der Waals surface area (Å²) in [5, 5.41) is 0. The number of benzene rings is 1. The monoisotopic (exact) mass is 215 g/mol. The fourth-order valence-electron chi connectivity index (χ4n) is 1.36. The van der Waals surface area contributed by atoms with Crippen LogP contribution >= 0.6 is 0 Å². The number of halogens is 2. The molecule has 0 aliphatic carbocycles. The van der Waals surface area contributed by atoms with Crippen molar-refractivity contribution in [2.24, 2.45) is 5.73 Å². The zero-order chi connectivity index (χ0) is 11.3. The highest BCUT2D eigenvalue weighted by Gasteiger charge is 2.11. The van der Waals surface area contributed by atoms with E-state index in [0.717, 1.165) is 6.07 Å². The average Bonchev–Trinajstić information content (AvgIpc) is 2.22. The van der Waals surface area contributed by atoms with Crippen molar-refractivity contribution in [2.75, 3.05) is 13.7 Å².